The maximum Gasteiger partial charge on any atom is 0.231 e. The number of carbonyl (C=O) groups is 1. The number of Topliss-reactive ketones (excluding diaryl/α,β-unsaturated/α-hetero) is 1. The second kappa shape index (κ2) is 8.43. The van der Waals surface area contributed by atoms with Crippen molar-refractivity contribution in [3.8, 4) is 17.2 Å². The number of benzene rings is 2. The van der Waals surface area contributed by atoms with Crippen molar-refractivity contribution < 1.29 is 23.7 Å². The van der Waals surface area contributed by atoms with E-state index >= 15 is 0 Å². The molecule has 8 heteroatoms. The topological polar surface area (TPSA) is 70.1 Å². The Balaban J connectivity index is 1.31. The van der Waals surface area contributed by atoms with Gasteiger partial charge < -0.3 is 18.9 Å². The number of aromatic nitrogens is 1. The van der Waals surface area contributed by atoms with Gasteiger partial charge in [-0.2, -0.15) is 0 Å². The van der Waals surface area contributed by atoms with Crippen molar-refractivity contribution >= 4 is 23.5 Å². The van der Waals surface area contributed by atoms with Crippen LogP contribution >= 0.6 is 11.6 Å². The molecule has 0 saturated heterocycles. The molecule has 0 atom stereocenters. The van der Waals surface area contributed by atoms with Gasteiger partial charge in [0.2, 0.25) is 5.78 Å². The summed E-state index contributed by atoms with van der Waals surface area (Å²) in [5.41, 5.74) is 4.79. The fraction of sp³-hybridized carbons (Fsp3) is 0.231. The summed E-state index contributed by atoms with van der Waals surface area (Å²) in [7, 11) is 0. The first-order valence-corrected chi connectivity index (χ1v) is 11.3. The Kier molecular flexibility index (Phi) is 5.25. The summed E-state index contributed by atoms with van der Waals surface area (Å²) in [6.45, 7) is 4.23. The molecular weight excluding hydrogens is 456 g/mol. The molecule has 0 bridgehead atoms. The first-order chi connectivity index (χ1) is 16.6. The molecule has 0 saturated carbocycles. The van der Waals surface area contributed by atoms with Crippen molar-refractivity contribution in [1.29, 1.82) is 0 Å². The third-order valence-corrected chi connectivity index (χ3v) is 6.32. The molecular formula is C26H21ClN2O5. The van der Waals surface area contributed by atoms with Crippen LogP contribution in [0, 0.1) is 6.92 Å². The van der Waals surface area contributed by atoms with Gasteiger partial charge in [0.1, 0.15) is 24.0 Å². The highest BCUT2D eigenvalue weighted by Gasteiger charge is 2.34. The summed E-state index contributed by atoms with van der Waals surface area (Å²) >= 11 is 6.28. The van der Waals surface area contributed by atoms with Crippen molar-refractivity contribution in [2.45, 2.75) is 26.6 Å². The van der Waals surface area contributed by atoms with Crippen LogP contribution in [0.25, 0.3) is 6.08 Å². The summed E-state index contributed by atoms with van der Waals surface area (Å²) in [6, 6.07) is 11.3. The zero-order valence-electron chi connectivity index (χ0n) is 18.5. The molecule has 2 aromatic carbocycles. The molecule has 0 fully saturated rings. The molecule has 4 heterocycles. The van der Waals surface area contributed by atoms with Gasteiger partial charge in [0.05, 0.1) is 17.9 Å². The van der Waals surface area contributed by atoms with Gasteiger partial charge in [-0.1, -0.05) is 17.7 Å². The van der Waals surface area contributed by atoms with E-state index in [4.69, 9.17) is 30.5 Å². The number of ether oxygens (including phenoxy) is 4. The minimum atomic E-state index is -0.177. The van der Waals surface area contributed by atoms with Gasteiger partial charge in [0, 0.05) is 46.6 Å². The molecule has 3 aliphatic rings. The van der Waals surface area contributed by atoms with E-state index in [0.717, 1.165) is 28.1 Å². The molecule has 0 N–H and O–H groups in total. The second-order valence-electron chi connectivity index (χ2n) is 8.48. The van der Waals surface area contributed by atoms with Gasteiger partial charge in [-0.15, -0.1) is 0 Å². The van der Waals surface area contributed by atoms with Crippen molar-refractivity contribution in [1.82, 2.24) is 9.88 Å². The first-order valence-electron chi connectivity index (χ1n) is 11.0. The summed E-state index contributed by atoms with van der Waals surface area (Å²) in [5, 5.41) is 0.538. The number of allylic oxidation sites excluding steroid dienone is 1. The number of ketones is 1. The van der Waals surface area contributed by atoms with Crippen LogP contribution in [0.2, 0.25) is 5.02 Å². The molecule has 3 aliphatic heterocycles. The lowest BCUT2D eigenvalue weighted by molar-refractivity contribution is -0.0165. The van der Waals surface area contributed by atoms with E-state index < -0.39 is 0 Å². The van der Waals surface area contributed by atoms with Gasteiger partial charge in [-0.3, -0.25) is 14.7 Å². The summed E-state index contributed by atoms with van der Waals surface area (Å²) < 4.78 is 23.2. The summed E-state index contributed by atoms with van der Waals surface area (Å²) in [6.07, 6.45) is 3.47. The van der Waals surface area contributed by atoms with Gasteiger partial charge in [0.25, 0.3) is 0 Å². The smallest absolute Gasteiger partial charge is 0.231 e. The van der Waals surface area contributed by atoms with Gasteiger partial charge in [-0.05, 0) is 43.3 Å². The lowest BCUT2D eigenvalue weighted by Gasteiger charge is -2.30. The van der Waals surface area contributed by atoms with Crippen molar-refractivity contribution in [3.63, 3.8) is 0 Å². The average Bonchev–Trinajstić information content (AvgIpc) is 3.15. The van der Waals surface area contributed by atoms with E-state index in [-0.39, 0.29) is 18.3 Å². The van der Waals surface area contributed by atoms with Gasteiger partial charge >= 0.3 is 0 Å². The fourth-order valence-electron chi connectivity index (χ4n) is 4.58. The zero-order valence-corrected chi connectivity index (χ0v) is 19.2. The van der Waals surface area contributed by atoms with E-state index in [1.54, 1.807) is 24.4 Å². The van der Waals surface area contributed by atoms with Gasteiger partial charge in [0.15, 0.2) is 12.6 Å². The first kappa shape index (κ1) is 21.2. The Labute approximate surface area is 201 Å². The van der Waals surface area contributed by atoms with Crippen LogP contribution < -0.4 is 14.2 Å². The summed E-state index contributed by atoms with van der Waals surface area (Å²) in [4.78, 5) is 19.8. The number of carbonyl (C=O) groups excluding carboxylic acids is 1. The van der Waals surface area contributed by atoms with Crippen molar-refractivity contribution in [2.24, 2.45) is 0 Å². The lowest BCUT2D eigenvalue weighted by Crippen LogP contribution is -2.32. The third-order valence-electron chi connectivity index (χ3n) is 6.10. The van der Waals surface area contributed by atoms with Crippen LogP contribution in [-0.4, -0.2) is 29.2 Å². The molecule has 172 valence electrons. The highest BCUT2D eigenvalue weighted by atomic mass is 35.5. The SMILES string of the molecule is Cc1c2c(cc3c1O/C(=C\c1cc(Cl)cc4c1OCOC4)C3=O)CN(Cc1ccccn1)CO2. The molecule has 0 amide bonds. The molecule has 7 nitrogen and oxygen atoms in total. The standard InChI is InChI=1S/C26H21ClN2O5/c1-15-24-17(10-29(13-32-24)11-20-4-2-3-5-28-20)8-21-23(30)22(34-25(15)21)9-16-6-19(27)7-18-12-31-14-33-26(16)18/h2-9H,10-14H2,1H3/b22-9-. The molecule has 0 spiro atoms. The van der Waals surface area contributed by atoms with Crippen LogP contribution in [0.3, 0.4) is 0 Å². The highest BCUT2D eigenvalue weighted by molar-refractivity contribution is 6.31. The van der Waals surface area contributed by atoms with Crippen LogP contribution in [0.4, 0.5) is 0 Å². The Morgan fingerprint density at radius 2 is 2.03 bits per heavy atom. The molecule has 3 aromatic rings. The molecule has 0 unspecified atom stereocenters. The number of hydrogen-bond acceptors (Lipinski definition) is 7. The van der Waals surface area contributed by atoms with Crippen molar-refractivity contribution in [2.75, 3.05) is 13.5 Å². The fourth-order valence-corrected chi connectivity index (χ4v) is 4.82. The van der Waals surface area contributed by atoms with Gasteiger partial charge in [-0.25, -0.2) is 0 Å². The normalized spacial score (nSPS) is 17.9. The second-order valence-corrected chi connectivity index (χ2v) is 8.92. The lowest BCUT2D eigenvalue weighted by atomic mass is 9.99. The monoisotopic (exact) mass is 476 g/mol. The number of rotatable bonds is 3. The zero-order chi connectivity index (χ0) is 23.2. The predicted molar refractivity (Wildman–Crippen MR) is 125 cm³/mol. The molecule has 6 rings (SSSR count). The number of fused-ring (bicyclic) bond motifs is 3. The molecule has 34 heavy (non-hydrogen) atoms. The minimum Gasteiger partial charge on any atom is -0.477 e. The van der Waals surface area contributed by atoms with Crippen molar-refractivity contribution in [3.05, 3.63) is 86.9 Å². The number of pyridine rings is 1. The minimum absolute atomic E-state index is 0.151. The van der Waals surface area contributed by atoms with Crippen LogP contribution in [0.15, 0.2) is 48.4 Å². The Hall–Kier alpha value is -3.39. The quantitative estimate of drug-likeness (QED) is 0.499. The molecule has 0 aliphatic carbocycles. The van der Waals surface area contributed by atoms with E-state index in [1.807, 2.05) is 31.2 Å². The Bertz CT molecular complexity index is 1340. The highest BCUT2D eigenvalue weighted by Crippen LogP contribution is 2.44. The maximum atomic E-state index is 13.3. The predicted octanol–water partition coefficient (Wildman–Crippen LogP) is 4.88. The van der Waals surface area contributed by atoms with E-state index in [9.17, 15) is 4.79 Å². The van der Waals surface area contributed by atoms with Crippen LogP contribution in [0.5, 0.6) is 17.2 Å². The average molecular weight is 477 g/mol. The van der Waals surface area contributed by atoms with Crippen LogP contribution in [0.1, 0.15) is 38.3 Å². The maximum absolute atomic E-state index is 13.3. The summed E-state index contributed by atoms with van der Waals surface area (Å²) in [5.74, 6) is 2.01. The van der Waals surface area contributed by atoms with Crippen LogP contribution in [-0.2, 0) is 24.4 Å². The number of halogens is 1. The third kappa shape index (κ3) is 3.72. The molecule has 1 aromatic heterocycles. The van der Waals surface area contributed by atoms with E-state index in [2.05, 4.69) is 9.88 Å². The largest absolute Gasteiger partial charge is 0.477 e. The van der Waals surface area contributed by atoms with E-state index in [0.29, 0.717) is 54.1 Å². The Morgan fingerprint density at radius 3 is 2.88 bits per heavy atom. The Morgan fingerprint density at radius 1 is 1.12 bits per heavy atom. The number of nitrogens with zero attached hydrogens (tertiary/aromatic N) is 2. The van der Waals surface area contributed by atoms with E-state index in [1.165, 1.54) is 0 Å². The number of hydrogen-bond donors (Lipinski definition) is 0. The molecule has 0 radical (unpaired) electrons.